The lowest BCUT2D eigenvalue weighted by Gasteiger charge is -2.25. The van der Waals surface area contributed by atoms with Crippen LogP contribution in [0.15, 0.2) is 40.7 Å². The molecular formula is C16H12N4S2. The molecule has 1 aliphatic rings. The van der Waals surface area contributed by atoms with Crippen LogP contribution in [0.2, 0.25) is 0 Å². The fraction of sp³-hybridized carbons (Fsp3) is 0.125. The van der Waals surface area contributed by atoms with Gasteiger partial charge in [-0.2, -0.15) is 10.4 Å². The number of nitrogens with one attached hydrogen (secondary N) is 2. The molecule has 4 rings (SSSR count). The number of aromatic nitrogens is 2. The van der Waals surface area contributed by atoms with E-state index in [1.54, 1.807) is 22.7 Å². The van der Waals surface area contributed by atoms with E-state index in [9.17, 15) is 5.26 Å². The predicted molar refractivity (Wildman–Crippen MR) is 90.0 cm³/mol. The molecule has 0 bridgehead atoms. The molecule has 4 nitrogen and oxygen atoms in total. The molecule has 0 saturated carbocycles. The normalized spacial score (nSPS) is 17.0. The lowest BCUT2D eigenvalue weighted by Crippen LogP contribution is -2.16. The summed E-state index contributed by atoms with van der Waals surface area (Å²) in [4.78, 5) is 2.29. The van der Waals surface area contributed by atoms with E-state index in [4.69, 9.17) is 0 Å². The first-order valence-electron chi connectivity index (χ1n) is 6.82. The van der Waals surface area contributed by atoms with Gasteiger partial charge in [-0.25, -0.2) is 0 Å². The third-order valence-corrected chi connectivity index (χ3v) is 5.63. The number of hydrogen-bond donors (Lipinski definition) is 2. The molecule has 1 atom stereocenters. The number of H-pyrrole nitrogens is 1. The summed E-state index contributed by atoms with van der Waals surface area (Å²) in [7, 11) is 0. The Bertz CT molecular complexity index is 893. The van der Waals surface area contributed by atoms with Gasteiger partial charge in [0.1, 0.15) is 0 Å². The smallest absolute Gasteiger partial charge is 0.156 e. The molecule has 1 aliphatic heterocycles. The van der Waals surface area contributed by atoms with E-state index in [1.807, 2.05) is 23.7 Å². The Morgan fingerprint density at radius 3 is 2.82 bits per heavy atom. The van der Waals surface area contributed by atoms with Gasteiger partial charge in [0.15, 0.2) is 5.82 Å². The van der Waals surface area contributed by atoms with Crippen LogP contribution < -0.4 is 5.32 Å². The van der Waals surface area contributed by atoms with Crippen LogP contribution in [0.3, 0.4) is 0 Å². The molecule has 0 amide bonds. The van der Waals surface area contributed by atoms with Gasteiger partial charge in [0, 0.05) is 16.6 Å². The van der Waals surface area contributed by atoms with Crippen LogP contribution in [0.5, 0.6) is 0 Å². The van der Waals surface area contributed by atoms with Crippen molar-refractivity contribution in [3.63, 3.8) is 0 Å². The van der Waals surface area contributed by atoms with Crippen molar-refractivity contribution in [3.8, 4) is 6.07 Å². The number of allylic oxidation sites excluding steroid dienone is 1. The minimum Gasteiger partial charge on any atom is -0.336 e. The second kappa shape index (κ2) is 5.13. The summed E-state index contributed by atoms with van der Waals surface area (Å²) in [5.41, 5.74) is 3.82. The second-order valence-electron chi connectivity index (χ2n) is 5.06. The monoisotopic (exact) mass is 324 g/mol. The maximum atomic E-state index is 9.81. The van der Waals surface area contributed by atoms with Crippen molar-refractivity contribution in [1.82, 2.24) is 10.2 Å². The number of thiophene rings is 2. The van der Waals surface area contributed by atoms with Gasteiger partial charge in [-0.1, -0.05) is 6.07 Å². The number of fused-ring (bicyclic) bond motifs is 1. The van der Waals surface area contributed by atoms with Gasteiger partial charge in [-0.05, 0) is 35.4 Å². The van der Waals surface area contributed by atoms with Crippen LogP contribution in [-0.4, -0.2) is 10.2 Å². The predicted octanol–water partition coefficient (Wildman–Crippen LogP) is 4.33. The molecule has 3 aromatic heterocycles. The van der Waals surface area contributed by atoms with Crippen molar-refractivity contribution >= 4 is 34.2 Å². The number of nitrogens with zero attached hydrogens (tertiary/aromatic N) is 2. The molecule has 0 saturated heterocycles. The molecule has 0 radical (unpaired) electrons. The molecule has 3 aromatic rings. The molecule has 0 aromatic carbocycles. The Labute approximate surface area is 135 Å². The van der Waals surface area contributed by atoms with E-state index >= 15 is 0 Å². The zero-order valence-electron chi connectivity index (χ0n) is 11.8. The molecule has 22 heavy (non-hydrogen) atoms. The zero-order valence-corrected chi connectivity index (χ0v) is 13.4. The first-order valence-corrected chi connectivity index (χ1v) is 8.58. The van der Waals surface area contributed by atoms with Crippen molar-refractivity contribution in [2.24, 2.45) is 0 Å². The van der Waals surface area contributed by atoms with Gasteiger partial charge in [-0.3, -0.25) is 5.10 Å². The third kappa shape index (κ3) is 1.90. The largest absolute Gasteiger partial charge is 0.336 e. The summed E-state index contributed by atoms with van der Waals surface area (Å²) in [5.74, 6) is 0.737. The molecule has 108 valence electrons. The first-order chi connectivity index (χ1) is 10.8. The summed E-state index contributed by atoms with van der Waals surface area (Å²) in [5, 5.41) is 24.5. The molecular weight excluding hydrogens is 312 g/mol. The Balaban J connectivity index is 1.98. The summed E-state index contributed by atoms with van der Waals surface area (Å²) in [6, 6.07) is 8.55. The van der Waals surface area contributed by atoms with Gasteiger partial charge in [-0.15, -0.1) is 22.7 Å². The van der Waals surface area contributed by atoms with Crippen LogP contribution in [0, 0.1) is 18.3 Å². The number of anilines is 1. The van der Waals surface area contributed by atoms with E-state index in [2.05, 4.69) is 40.0 Å². The number of aryl methyl sites for hydroxylation is 1. The second-order valence-corrected chi connectivity index (χ2v) is 7.13. The fourth-order valence-electron chi connectivity index (χ4n) is 2.86. The molecule has 2 N–H and O–H groups in total. The van der Waals surface area contributed by atoms with Gasteiger partial charge in [0.2, 0.25) is 0 Å². The Morgan fingerprint density at radius 2 is 2.14 bits per heavy atom. The Kier molecular flexibility index (Phi) is 3.10. The highest BCUT2D eigenvalue weighted by atomic mass is 32.1. The van der Waals surface area contributed by atoms with Crippen LogP contribution >= 0.6 is 22.7 Å². The Hall–Kier alpha value is -2.36. The SMILES string of the molecule is Cc1sccc1C1C(C#N)=C(c2cccs2)Nc2n[nH]cc21. The lowest BCUT2D eigenvalue weighted by molar-refractivity contribution is 0.969. The lowest BCUT2D eigenvalue weighted by atomic mass is 9.83. The van der Waals surface area contributed by atoms with E-state index in [1.165, 1.54) is 10.4 Å². The van der Waals surface area contributed by atoms with Crippen LogP contribution in [0.4, 0.5) is 5.82 Å². The summed E-state index contributed by atoms with van der Waals surface area (Å²) < 4.78 is 0. The van der Waals surface area contributed by atoms with Crippen molar-refractivity contribution in [1.29, 1.82) is 5.26 Å². The molecule has 1 unspecified atom stereocenters. The van der Waals surface area contributed by atoms with E-state index in [0.29, 0.717) is 0 Å². The fourth-order valence-corrected chi connectivity index (χ4v) is 4.34. The van der Waals surface area contributed by atoms with Gasteiger partial charge in [0.25, 0.3) is 0 Å². The minimum absolute atomic E-state index is 0.0663. The zero-order chi connectivity index (χ0) is 15.1. The number of hydrogen-bond acceptors (Lipinski definition) is 5. The minimum atomic E-state index is -0.0663. The van der Waals surface area contributed by atoms with Gasteiger partial charge < -0.3 is 5.32 Å². The van der Waals surface area contributed by atoms with Crippen molar-refractivity contribution in [2.45, 2.75) is 12.8 Å². The van der Waals surface area contributed by atoms with Crippen LogP contribution in [0.25, 0.3) is 5.70 Å². The summed E-state index contributed by atoms with van der Waals surface area (Å²) >= 11 is 3.33. The third-order valence-electron chi connectivity index (χ3n) is 3.88. The van der Waals surface area contributed by atoms with Crippen molar-refractivity contribution in [3.05, 3.63) is 61.6 Å². The number of aromatic amines is 1. The van der Waals surface area contributed by atoms with Gasteiger partial charge >= 0.3 is 0 Å². The van der Waals surface area contributed by atoms with Crippen LogP contribution in [0.1, 0.15) is 26.8 Å². The maximum Gasteiger partial charge on any atom is 0.156 e. The number of rotatable bonds is 2. The maximum absolute atomic E-state index is 9.81. The highest BCUT2D eigenvalue weighted by Crippen LogP contribution is 2.45. The van der Waals surface area contributed by atoms with Crippen LogP contribution in [-0.2, 0) is 0 Å². The molecule has 4 heterocycles. The van der Waals surface area contributed by atoms with Gasteiger partial charge in [0.05, 0.1) is 28.1 Å². The molecule has 6 heteroatoms. The topological polar surface area (TPSA) is 64.5 Å². The summed E-state index contributed by atoms with van der Waals surface area (Å²) in [6.45, 7) is 2.10. The average molecular weight is 324 g/mol. The molecule has 0 spiro atoms. The van der Waals surface area contributed by atoms with E-state index in [-0.39, 0.29) is 5.92 Å². The first kappa shape index (κ1) is 13.3. The molecule has 0 fully saturated rings. The average Bonchev–Trinajstić information content (AvgIpc) is 3.26. The molecule has 0 aliphatic carbocycles. The van der Waals surface area contributed by atoms with E-state index < -0.39 is 0 Å². The highest BCUT2D eigenvalue weighted by molar-refractivity contribution is 7.11. The van der Waals surface area contributed by atoms with E-state index in [0.717, 1.165) is 27.5 Å². The quantitative estimate of drug-likeness (QED) is 0.737. The van der Waals surface area contributed by atoms with Crippen molar-refractivity contribution < 1.29 is 0 Å². The standard InChI is InChI=1S/C16H12N4S2/c1-9-10(4-6-21-9)14-11(7-17)15(13-3-2-5-22-13)19-16-12(14)8-18-20-16/h2-6,8,14H,1H3,(H2,18,19,20). The number of nitriles is 1. The summed E-state index contributed by atoms with van der Waals surface area (Å²) in [6.07, 6.45) is 1.88. The van der Waals surface area contributed by atoms with Crippen molar-refractivity contribution in [2.75, 3.05) is 5.32 Å². The highest BCUT2D eigenvalue weighted by Gasteiger charge is 2.33. The Morgan fingerprint density at radius 1 is 1.23 bits per heavy atom.